The van der Waals surface area contributed by atoms with Crippen LogP contribution in [0.15, 0.2) is 36.4 Å². The van der Waals surface area contributed by atoms with Gasteiger partial charge in [0.1, 0.15) is 36.5 Å². The molecule has 1 aromatic heterocycles. The van der Waals surface area contributed by atoms with Crippen molar-refractivity contribution in [2.45, 2.75) is 38.5 Å². The molecule has 3 saturated heterocycles. The molecule has 42 heavy (non-hydrogen) atoms. The summed E-state index contributed by atoms with van der Waals surface area (Å²) in [6.45, 7) is 6.50. The number of ketones is 1. The van der Waals surface area contributed by atoms with Gasteiger partial charge in [0.2, 0.25) is 11.0 Å². The third-order valence-corrected chi connectivity index (χ3v) is 8.91. The zero-order valence-corrected chi connectivity index (χ0v) is 24.5. The Morgan fingerprint density at radius 1 is 1.19 bits per heavy atom. The molecule has 0 aliphatic carbocycles. The van der Waals surface area contributed by atoms with E-state index in [1.165, 1.54) is 17.0 Å². The Morgan fingerprint density at radius 3 is 2.52 bits per heavy atom. The van der Waals surface area contributed by atoms with Crippen LogP contribution in [0.4, 0.5) is 18.3 Å². The van der Waals surface area contributed by atoms with E-state index in [1.807, 2.05) is 20.9 Å². The van der Waals surface area contributed by atoms with E-state index in [4.69, 9.17) is 4.74 Å². The predicted molar refractivity (Wildman–Crippen MR) is 152 cm³/mol. The summed E-state index contributed by atoms with van der Waals surface area (Å²) < 4.78 is 47.5. The van der Waals surface area contributed by atoms with Crippen molar-refractivity contribution in [2.75, 3.05) is 51.3 Å². The second kappa shape index (κ2) is 12.5. The summed E-state index contributed by atoms with van der Waals surface area (Å²) in [5, 5.41) is 2.96. The molecular formula is C29H34F3N5O4S. The molecule has 226 valence electrons. The molecule has 4 heterocycles. The van der Waals surface area contributed by atoms with Gasteiger partial charge in [-0.3, -0.25) is 14.4 Å². The minimum atomic E-state index is -1.10. The van der Waals surface area contributed by atoms with E-state index in [2.05, 4.69) is 20.1 Å². The van der Waals surface area contributed by atoms with E-state index in [1.54, 1.807) is 12.1 Å². The van der Waals surface area contributed by atoms with Crippen LogP contribution < -0.4 is 10.2 Å². The Labute approximate surface area is 246 Å². The van der Waals surface area contributed by atoms with Crippen LogP contribution in [0.2, 0.25) is 0 Å². The average Bonchev–Trinajstić information content (AvgIpc) is 3.67. The van der Waals surface area contributed by atoms with Crippen molar-refractivity contribution in [2.24, 2.45) is 11.8 Å². The number of ether oxygens (including phenoxy) is 1. The fraction of sp³-hybridized carbons (Fsp3) is 0.517. The number of rotatable bonds is 8. The number of nitrogens with one attached hydrogen (secondary N) is 1. The Bertz CT molecular complexity index is 1360. The summed E-state index contributed by atoms with van der Waals surface area (Å²) in [6.07, 6.45) is -0.889. The molecule has 0 bridgehead atoms. The van der Waals surface area contributed by atoms with Crippen LogP contribution >= 0.6 is 11.3 Å². The van der Waals surface area contributed by atoms with Crippen LogP contribution in [0, 0.1) is 17.0 Å². The van der Waals surface area contributed by atoms with Crippen LogP contribution in [-0.4, -0.2) is 96.9 Å². The van der Waals surface area contributed by atoms with Crippen molar-refractivity contribution in [1.29, 1.82) is 0 Å². The Kier molecular flexibility index (Phi) is 9.00. The molecule has 1 N–H and O–H groups in total. The number of piperazine rings is 1. The number of fused-ring (bicyclic) bond motifs is 1. The highest BCUT2D eigenvalue weighted by molar-refractivity contribution is 7.14. The first-order valence-electron chi connectivity index (χ1n) is 14.0. The van der Waals surface area contributed by atoms with Crippen molar-refractivity contribution in [1.82, 2.24) is 20.1 Å². The van der Waals surface area contributed by atoms with Gasteiger partial charge >= 0.3 is 0 Å². The number of amides is 2. The molecule has 1 aromatic carbocycles. The lowest BCUT2D eigenvalue weighted by Crippen LogP contribution is -2.52. The van der Waals surface area contributed by atoms with Crippen molar-refractivity contribution < 1.29 is 32.3 Å². The SMILES string of the molecule is CC(C)CC(NC(=O)c1ccc(-c2nc(N3CCN(C)CC3)sc2F)cc1)C(=O)N1CC(C(F)=CF)C2OCC(=O)C21. The maximum atomic E-state index is 14.9. The number of likely N-dealkylation sites (tertiary alicyclic amines) is 1. The first kappa shape index (κ1) is 30.2. The Hall–Kier alpha value is -3.29. The molecule has 0 spiro atoms. The number of anilines is 1. The fourth-order valence-electron chi connectivity index (χ4n) is 5.72. The number of hydrogen-bond donors (Lipinski definition) is 1. The maximum absolute atomic E-state index is 14.9. The monoisotopic (exact) mass is 605 g/mol. The number of hydrogen-bond acceptors (Lipinski definition) is 8. The van der Waals surface area contributed by atoms with Gasteiger partial charge in [0.25, 0.3) is 5.91 Å². The summed E-state index contributed by atoms with van der Waals surface area (Å²) in [4.78, 5) is 49.4. The maximum Gasteiger partial charge on any atom is 0.251 e. The number of likely N-dealkylation sites (N-methyl/N-ethyl adjacent to an activating group) is 1. The molecule has 0 radical (unpaired) electrons. The largest absolute Gasteiger partial charge is 0.367 e. The summed E-state index contributed by atoms with van der Waals surface area (Å²) >= 11 is 0.994. The van der Waals surface area contributed by atoms with E-state index < -0.39 is 52.7 Å². The van der Waals surface area contributed by atoms with Crippen LogP contribution in [0.25, 0.3) is 11.3 Å². The average molecular weight is 606 g/mol. The molecule has 13 heteroatoms. The normalized spacial score (nSPS) is 23.9. The van der Waals surface area contributed by atoms with Gasteiger partial charge in [0, 0.05) is 43.9 Å². The van der Waals surface area contributed by atoms with Gasteiger partial charge < -0.3 is 24.8 Å². The molecule has 0 saturated carbocycles. The molecule has 3 fully saturated rings. The highest BCUT2D eigenvalue weighted by Crippen LogP contribution is 2.37. The van der Waals surface area contributed by atoms with E-state index in [0.29, 0.717) is 10.7 Å². The number of carbonyl (C=O) groups excluding carboxylic acids is 3. The van der Waals surface area contributed by atoms with Crippen molar-refractivity contribution >= 4 is 34.1 Å². The minimum absolute atomic E-state index is 0.00374. The number of benzene rings is 1. The van der Waals surface area contributed by atoms with E-state index in [0.717, 1.165) is 37.5 Å². The van der Waals surface area contributed by atoms with Gasteiger partial charge in [0.05, 0.1) is 12.0 Å². The van der Waals surface area contributed by atoms with Crippen molar-refractivity contribution in [3.05, 3.63) is 47.1 Å². The molecule has 2 aromatic rings. The van der Waals surface area contributed by atoms with Crippen LogP contribution in [-0.2, 0) is 14.3 Å². The van der Waals surface area contributed by atoms with E-state index in [-0.39, 0.29) is 43.1 Å². The second-order valence-electron chi connectivity index (χ2n) is 11.4. The van der Waals surface area contributed by atoms with Crippen LogP contribution in [0.1, 0.15) is 30.6 Å². The van der Waals surface area contributed by atoms with E-state index >= 15 is 0 Å². The van der Waals surface area contributed by atoms with Crippen LogP contribution in [0.3, 0.4) is 0 Å². The van der Waals surface area contributed by atoms with Crippen LogP contribution in [0.5, 0.6) is 0 Å². The van der Waals surface area contributed by atoms with Crippen molar-refractivity contribution in [3.8, 4) is 11.3 Å². The zero-order valence-electron chi connectivity index (χ0n) is 23.7. The lowest BCUT2D eigenvalue weighted by Gasteiger charge is -2.31. The van der Waals surface area contributed by atoms with Gasteiger partial charge in [-0.05, 0) is 31.5 Å². The third-order valence-electron chi connectivity index (χ3n) is 8.01. The molecule has 2 amide bonds. The number of nitrogens with zero attached hydrogens (tertiary/aromatic N) is 4. The standard InChI is InChI=1S/C29H34F3N5O4S/c1-16(2)12-21(28(40)37-14-19(20(31)13-30)25-24(37)22(38)15-41-25)33-27(39)18-6-4-17(5-7-18)23-26(32)42-29(34-23)36-10-8-35(3)9-11-36/h4-7,13,16,19,21,24-25H,8-12,14-15H2,1-3H3,(H,33,39). The Balaban J connectivity index is 1.30. The molecule has 5 rings (SSSR count). The molecule has 3 aliphatic heterocycles. The summed E-state index contributed by atoms with van der Waals surface area (Å²) in [6, 6.07) is 4.24. The van der Waals surface area contributed by atoms with Gasteiger partial charge in [-0.1, -0.05) is 37.3 Å². The highest BCUT2D eigenvalue weighted by Gasteiger charge is 2.54. The molecule has 4 unspecified atom stereocenters. The summed E-state index contributed by atoms with van der Waals surface area (Å²) in [5.41, 5.74) is 0.983. The van der Waals surface area contributed by atoms with Crippen molar-refractivity contribution in [3.63, 3.8) is 0 Å². The molecule has 4 atom stereocenters. The summed E-state index contributed by atoms with van der Waals surface area (Å²) in [5.74, 6) is -3.67. The second-order valence-corrected chi connectivity index (χ2v) is 12.3. The predicted octanol–water partition coefficient (Wildman–Crippen LogP) is 3.42. The smallest absolute Gasteiger partial charge is 0.251 e. The zero-order chi connectivity index (χ0) is 30.1. The number of carbonyl (C=O) groups is 3. The fourth-order valence-corrected chi connectivity index (χ4v) is 6.59. The van der Waals surface area contributed by atoms with Gasteiger partial charge in [-0.25, -0.2) is 13.8 Å². The number of Topliss-reactive ketones (excluding diaryl/α,β-unsaturated/α-hetero) is 1. The molecule has 3 aliphatic rings. The number of thiazole rings is 1. The molecule has 9 nitrogen and oxygen atoms in total. The van der Waals surface area contributed by atoms with Gasteiger partial charge in [0.15, 0.2) is 10.9 Å². The first-order chi connectivity index (χ1) is 20.1. The quantitative estimate of drug-likeness (QED) is 0.493. The first-order valence-corrected chi connectivity index (χ1v) is 14.8. The van der Waals surface area contributed by atoms with E-state index in [9.17, 15) is 27.6 Å². The lowest BCUT2D eigenvalue weighted by atomic mass is 10.00. The number of aromatic nitrogens is 1. The highest BCUT2D eigenvalue weighted by atomic mass is 32.1. The van der Waals surface area contributed by atoms with Gasteiger partial charge in [-0.15, -0.1) is 0 Å². The minimum Gasteiger partial charge on any atom is -0.367 e. The number of halogens is 3. The van der Waals surface area contributed by atoms with Gasteiger partial charge in [-0.2, -0.15) is 4.39 Å². The third kappa shape index (κ3) is 6.09. The molecular weight excluding hydrogens is 571 g/mol. The summed E-state index contributed by atoms with van der Waals surface area (Å²) in [7, 11) is 2.04. The topological polar surface area (TPSA) is 95.1 Å². The Morgan fingerprint density at radius 2 is 1.88 bits per heavy atom. The lowest BCUT2D eigenvalue weighted by molar-refractivity contribution is -0.138.